The van der Waals surface area contributed by atoms with Crippen molar-refractivity contribution in [3.8, 4) is 0 Å². The SMILES string of the molecule is CN1CCN(CCN(C(=O)Nc2ccc(F)c(C(F)(F)F)c2)[C@@H]2CC[C@]3(c4cccc(C5CN5)c4)C[C@H]23)CC1. The number of halogens is 4. The lowest BCUT2D eigenvalue weighted by Gasteiger charge is -2.36. The summed E-state index contributed by atoms with van der Waals surface area (Å²) in [6.45, 7) is 5.95. The van der Waals surface area contributed by atoms with Crippen molar-refractivity contribution in [2.45, 2.75) is 42.9 Å². The summed E-state index contributed by atoms with van der Waals surface area (Å²) in [7, 11) is 2.09. The summed E-state index contributed by atoms with van der Waals surface area (Å²) in [6, 6.07) is 11.4. The van der Waals surface area contributed by atoms with Gasteiger partial charge in [-0.2, -0.15) is 13.2 Å². The first kappa shape index (κ1) is 26.5. The normalized spacial score (nSPS) is 28.7. The molecule has 2 heterocycles. The van der Waals surface area contributed by atoms with Gasteiger partial charge in [-0.25, -0.2) is 9.18 Å². The van der Waals surface area contributed by atoms with Crippen LogP contribution in [0.3, 0.4) is 0 Å². The third kappa shape index (κ3) is 5.38. The van der Waals surface area contributed by atoms with Crippen LogP contribution in [0.4, 0.5) is 28.0 Å². The lowest BCUT2D eigenvalue weighted by molar-refractivity contribution is -0.139. The predicted molar refractivity (Wildman–Crippen MR) is 141 cm³/mol. The Morgan fingerprint density at radius 1 is 1.15 bits per heavy atom. The maximum absolute atomic E-state index is 13.8. The van der Waals surface area contributed by atoms with Crippen LogP contribution in [0.25, 0.3) is 0 Å². The van der Waals surface area contributed by atoms with E-state index in [1.165, 1.54) is 17.2 Å². The van der Waals surface area contributed by atoms with Gasteiger partial charge in [-0.3, -0.25) is 4.90 Å². The molecule has 2 aliphatic carbocycles. The number of rotatable bonds is 7. The molecule has 0 aromatic heterocycles. The summed E-state index contributed by atoms with van der Waals surface area (Å²) in [5, 5.41) is 6.03. The van der Waals surface area contributed by atoms with E-state index in [9.17, 15) is 22.4 Å². The van der Waals surface area contributed by atoms with Gasteiger partial charge in [0.05, 0.1) is 5.56 Å². The molecule has 2 aliphatic heterocycles. The van der Waals surface area contributed by atoms with Gasteiger partial charge in [0.15, 0.2) is 0 Å². The van der Waals surface area contributed by atoms with Gasteiger partial charge in [0.2, 0.25) is 0 Å². The van der Waals surface area contributed by atoms with Gasteiger partial charge in [0.1, 0.15) is 5.82 Å². The first-order valence-corrected chi connectivity index (χ1v) is 13.8. The number of alkyl halides is 3. The Hall–Kier alpha value is -2.69. The number of carbonyl (C=O) groups excluding carboxylic acids is 1. The first-order chi connectivity index (χ1) is 18.6. The smallest absolute Gasteiger partial charge is 0.320 e. The first-order valence-electron chi connectivity index (χ1n) is 13.8. The number of piperazine rings is 1. The van der Waals surface area contributed by atoms with Crippen molar-refractivity contribution in [2.24, 2.45) is 5.92 Å². The molecule has 2 aromatic rings. The van der Waals surface area contributed by atoms with Crippen LogP contribution in [0.2, 0.25) is 0 Å². The van der Waals surface area contributed by atoms with Gasteiger partial charge < -0.3 is 20.4 Å². The van der Waals surface area contributed by atoms with Gasteiger partial charge in [-0.15, -0.1) is 0 Å². The Bertz CT molecular complexity index is 1230. The number of likely N-dealkylation sites (N-methyl/N-ethyl adjacent to an activating group) is 1. The number of hydrogen-bond acceptors (Lipinski definition) is 4. The molecule has 2 saturated carbocycles. The van der Waals surface area contributed by atoms with Crippen LogP contribution < -0.4 is 10.6 Å². The molecule has 0 radical (unpaired) electrons. The Labute approximate surface area is 226 Å². The molecule has 2 saturated heterocycles. The molecule has 1 unspecified atom stereocenters. The van der Waals surface area contributed by atoms with Crippen molar-refractivity contribution in [1.29, 1.82) is 0 Å². The van der Waals surface area contributed by atoms with Crippen molar-refractivity contribution >= 4 is 11.7 Å². The van der Waals surface area contributed by atoms with Crippen molar-refractivity contribution in [2.75, 3.05) is 58.2 Å². The van der Waals surface area contributed by atoms with E-state index in [0.717, 1.165) is 58.1 Å². The number of benzene rings is 2. The Kier molecular flexibility index (Phi) is 6.84. The van der Waals surface area contributed by atoms with E-state index in [2.05, 4.69) is 51.7 Å². The molecule has 2 N–H and O–H groups in total. The van der Waals surface area contributed by atoms with Crippen molar-refractivity contribution < 1.29 is 22.4 Å². The molecule has 4 aliphatic rings. The summed E-state index contributed by atoms with van der Waals surface area (Å²) >= 11 is 0. The second kappa shape index (κ2) is 10.1. The molecular formula is C29H35F4N5O. The van der Waals surface area contributed by atoms with Crippen molar-refractivity contribution in [3.05, 3.63) is 65.0 Å². The summed E-state index contributed by atoms with van der Waals surface area (Å²) in [4.78, 5) is 20.1. The standard InChI is InChI=1S/C29H35F4N5O/c1-36-9-11-37(12-10-36)13-14-38(27(39)35-21-5-6-24(30)22(16-21)29(31,32)33)26-7-8-28(17-23(26)28)20-4-2-3-19(15-20)25-18-34-25/h2-6,15-16,23,25-26,34H,7-14,17-18H2,1H3,(H,35,39)/t23-,25?,26-,28-/m1/s1. The highest BCUT2D eigenvalue weighted by molar-refractivity contribution is 5.89. The zero-order chi connectivity index (χ0) is 27.4. The van der Waals surface area contributed by atoms with Crippen molar-refractivity contribution in [3.63, 3.8) is 0 Å². The molecule has 39 heavy (non-hydrogen) atoms. The van der Waals surface area contributed by atoms with Crippen LogP contribution >= 0.6 is 0 Å². The van der Waals surface area contributed by atoms with Gasteiger partial charge in [-0.05, 0) is 61.6 Å². The van der Waals surface area contributed by atoms with E-state index in [-0.39, 0.29) is 17.1 Å². The van der Waals surface area contributed by atoms with E-state index in [4.69, 9.17) is 0 Å². The Morgan fingerprint density at radius 2 is 1.92 bits per heavy atom. The maximum Gasteiger partial charge on any atom is 0.419 e. The molecule has 2 amide bonds. The van der Waals surface area contributed by atoms with Gasteiger partial charge in [0, 0.05) is 69.0 Å². The number of fused-ring (bicyclic) bond motifs is 1. The van der Waals surface area contributed by atoms with Crippen LogP contribution in [0.1, 0.15) is 42.0 Å². The molecule has 4 fully saturated rings. The Balaban J connectivity index is 1.21. The highest BCUT2D eigenvalue weighted by Gasteiger charge is 2.64. The largest absolute Gasteiger partial charge is 0.419 e. The van der Waals surface area contributed by atoms with E-state index in [1.54, 1.807) is 0 Å². The number of carbonyl (C=O) groups is 1. The third-order valence-corrected chi connectivity index (χ3v) is 9.19. The van der Waals surface area contributed by atoms with E-state index >= 15 is 0 Å². The molecule has 210 valence electrons. The molecular weight excluding hydrogens is 510 g/mol. The summed E-state index contributed by atoms with van der Waals surface area (Å²) in [5.74, 6) is -1.04. The number of nitrogens with one attached hydrogen (secondary N) is 2. The van der Waals surface area contributed by atoms with Crippen LogP contribution in [-0.4, -0.2) is 79.6 Å². The number of nitrogens with zero attached hydrogens (tertiary/aromatic N) is 3. The second-order valence-corrected chi connectivity index (χ2v) is 11.6. The maximum atomic E-state index is 13.8. The zero-order valence-electron chi connectivity index (χ0n) is 22.1. The molecule has 10 heteroatoms. The van der Waals surface area contributed by atoms with Gasteiger partial charge in [-0.1, -0.05) is 24.3 Å². The lowest BCUT2D eigenvalue weighted by atomic mass is 9.91. The molecule has 0 spiro atoms. The zero-order valence-corrected chi connectivity index (χ0v) is 22.1. The topological polar surface area (TPSA) is 60.8 Å². The highest BCUT2D eigenvalue weighted by Crippen LogP contribution is 2.65. The fourth-order valence-corrected chi connectivity index (χ4v) is 6.70. The molecule has 6 nitrogen and oxygen atoms in total. The van der Waals surface area contributed by atoms with Crippen LogP contribution in [0, 0.1) is 11.7 Å². The molecule has 6 rings (SSSR count). The monoisotopic (exact) mass is 545 g/mol. The summed E-state index contributed by atoms with van der Waals surface area (Å²) < 4.78 is 53.7. The molecule has 0 bridgehead atoms. The average Bonchev–Trinajstić information content (AvgIpc) is 3.84. The quantitative estimate of drug-likeness (QED) is 0.392. The summed E-state index contributed by atoms with van der Waals surface area (Å²) in [6.07, 6.45) is -2.00. The number of amides is 2. The number of hydrogen-bond donors (Lipinski definition) is 2. The fraction of sp³-hybridized carbons (Fsp3) is 0.552. The Morgan fingerprint density at radius 3 is 2.62 bits per heavy atom. The minimum absolute atomic E-state index is 0.00250. The van der Waals surface area contributed by atoms with Crippen LogP contribution in [-0.2, 0) is 11.6 Å². The van der Waals surface area contributed by atoms with Crippen LogP contribution in [0.15, 0.2) is 42.5 Å². The van der Waals surface area contributed by atoms with E-state index in [0.29, 0.717) is 31.1 Å². The highest BCUT2D eigenvalue weighted by atomic mass is 19.4. The van der Waals surface area contributed by atoms with E-state index < -0.39 is 23.6 Å². The number of anilines is 1. The predicted octanol–water partition coefficient (Wildman–Crippen LogP) is 4.69. The fourth-order valence-electron chi connectivity index (χ4n) is 6.70. The molecule has 2 aromatic carbocycles. The number of urea groups is 1. The van der Waals surface area contributed by atoms with Gasteiger partial charge in [0.25, 0.3) is 0 Å². The average molecular weight is 546 g/mol. The van der Waals surface area contributed by atoms with E-state index in [1.807, 2.05) is 4.90 Å². The summed E-state index contributed by atoms with van der Waals surface area (Å²) in [5.41, 5.74) is 1.26. The second-order valence-electron chi connectivity index (χ2n) is 11.6. The lowest BCUT2D eigenvalue weighted by Crippen LogP contribution is -2.50. The minimum atomic E-state index is -4.84. The molecule has 4 atom stereocenters. The minimum Gasteiger partial charge on any atom is -0.320 e. The third-order valence-electron chi connectivity index (χ3n) is 9.19. The van der Waals surface area contributed by atoms with Crippen LogP contribution in [0.5, 0.6) is 0 Å². The van der Waals surface area contributed by atoms with Gasteiger partial charge >= 0.3 is 12.2 Å². The van der Waals surface area contributed by atoms with Crippen molar-refractivity contribution in [1.82, 2.24) is 20.0 Å².